The van der Waals surface area contributed by atoms with E-state index in [1.807, 2.05) is 12.1 Å². The number of aliphatic imine (C=N–C) groups is 2. The van der Waals surface area contributed by atoms with E-state index in [9.17, 15) is 0 Å². The SMILES string of the molecule is C1=c2c(n(-c3ccccc3)c3ccc4ccccc4c23)=CC2C1c1ccccc1N2C1N=C(c2ccccc2)NC(c2ccccc2)=N1. The largest absolute Gasteiger partial charge is 0.324 e. The molecule has 0 radical (unpaired) electrons. The fourth-order valence-corrected chi connectivity index (χ4v) is 7.86. The predicted molar refractivity (Wildman–Crippen MR) is 197 cm³/mol. The Morgan fingerprint density at radius 3 is 1.92 bits per heavy atom. The summed E-state index contributed by atoms with van der Waals surface area (Å²) < 4.78 is 2.44. The van der Waals surface area contributed by atoms with E-state index in [1.54, 1.807) is 0 Å². The van der Waals surface area contributed by atoms with Gasteiger partial charge < -0.3 is 14.8 Å². The zero-order valence-electron chi connectivity index (χ0n) is 26.1. The fourth-order valence-electron chi connectivity index (χ4n) is 7.86. The standard InChI is InChI=1S/C43H31N5/c1-4-15-29(16-5-1)41-44-42(30-17-6-2-7-18-30)46-43(45-41)48-36-23-13-12-22-33(36)34-26-35-39(27-38(34)48)47(31-19-8-3-9-20-31)37-25-24-28-14-10-11-21-32(28)40(35)37/h1-27,34,38,43H,(H,44,45,46). The van der Waals surface area contributed by atoms with Crippen LogP contribution in [0.4, 0.5) is 5.69 Å². The van der Waals surface area contributed by atoms with Crippen LogP contribution in [0.2, 0.25) is 0 Å². The number of rotatable bonds is 4. The number of hydrogen-bond acceptors (Lipinski definition) is 4. The molecule has 228 valence electrons. The number of amidine groups is 2. The second kappa shape index (κ2) is 10.7. The molecule has 2 atom stereocenters. The minimum atomic E-state index is -0.464. The van der Waals surface area contributed by atoms with Crippen LogP contribution in [0.15, 0.2) is 162 Å². The van der Waals surface area contributed by atoms with Crippen LogP contribution in [-0.2, 0) is 0 Å². The predicted octanol–water partition coefficient (Wildman–Crippen LogP) is 7.11. The Morgan fingerprint density at radius 1 is 0.562 bits per heavy atom. The molecule has 5 heteroatoms. The molecule has 0 fully saturated rings. The van der Waals surface area contributed by atoms with Crippen LogP contribution in [0.1, 0.15) is 22.6 Å². The summed E-state index contributed by atoms with van der Waals surface area (Å²) in [4.78, 5) is 13.1. The second-order valence-corrected chi connectivity index (χ2v) is 12.6. The molecule has 0 spiro atoms. The highest BCUT2D eigenvalue weighted by molar-refractivity contribution is 6.16. The number of hydrogen-bond donors (Lipinski definition) is 1. The van der Waals surface area contributed by atoms with Gasteiger partial charge in [0.25, 0.3) is 0 Å². The quantitative estimate of drug-likeness (QED) is 0.229. The van der Waals surface area contributed by atoms with E-state index >= 15 is 0 Å². The Hall–Kier alpha value is -6.20. The molecule has 3 aliphatic rings. The van der Waals surface area contributed by atoms with Gasteiger partial charge >= 0.3 is 0 Å². The van der Waals surface area contributed by atoms with E-state index in [0.717, 1.165) is 28.5 Å². The van der Waals surface area contributed by atoms with Crippen molar-refractivity contribution >= 4 is 51.2 Å². The first-order chi connectivity index (χ1) is 23.8. The van der Waals surface area contributed by atoms with Crippen LogP contribution in [-0.4, -0.2) is 28.6 Å². The third-order valence-electron chi connectivity index (χ3n) is 9.96. The smallest absolute Gasteiger partial charge is 0.221 e. The number of para-hydroxylation sites is 2. The van der Waals surface area contributed by atoms with Crippen molar-refractivity contribution in [1.29, 1.82) is 0 Å². The number of nitrogens with one attached hydrogen (secondary N) is 1. The Kier molecular flexibility index (Phi) is 6.00. The second-order valence-electron chi connectivity index (χ2n) is 12.6. The van der Waals surface area contributed by atoms with Crippen molar-refractivity contribution in [3.63, 3.8) is 0 Å². The first-order valence-electron chi connectivity index (χ1n) is 16.5. The Balaban J connectivity index is 1.24. The lowest BCUT2D eigenvalue weighted by molar-refractivity contribution is 0.595. The van der Waals surface area contributed by atoms with Crippen molar-refractivity contribution in [2.45, 2.75) is 18.2 Å². The van der Waals surface area contributed by atoms with Gasteiger partial charge in [0.15, 0.2) is 0 Å². The number of nitrogens with zero attached hydrogens (tertiary/aromatic N) is 4. The lowest BCUT2D eigenvalue weighted by Gasteiger charge is -2.34. The maximum Gasteiger partial charge on any atom is 0.221 e. The molecule has 3 heterocycles. The van der Waals surface area contributed by atoms with Gasteiger partial charge in [-0.3, -0.25) is 0 Å². The van der Waals surface area contributed by atoms with Crippen molar-refractivity contribution in [3.8, 4) is 5.69 Å². The maximum atomic E-state index is 5.32. The summed E-state index contributed by atoms with van der Waals surface area (Å²) in [6, 6.07) is 53.6. The molecule has 1 aliphatic carbocycles. The molecule has 1 aromatic heterocycles. The lowest BCUT2D eigenvalue weighted by atomic mass is 9.90. The highest BCUT2D eigenvalue weighted by Gasteiger charge is 2.42. The minimum absolute atomic E-state index is 0.0117. The molecular weight excluding hydrogens is 587 g/mol. The third kappa shape index (κ3) is 4.11. The van der Waals surface area contributed by atoms with Crippen LogP contribution in [0.5, 0.6) is 0 Å². The van der Waals surface area contributed by atoms with Gasteiger partial charge in [0.1, 0.15) is 11.7 Å². The minimum Gasteiger partial charge on any atom is -0.324 e. The van der Waals surface area contributed by atoms with Crippen molar-refractivity contribution in [1.82, 2.24) is 9.88 Å². The molecule has 2 unspecified atom stereocenters. The van der Waals surface area contributed by atoms with Gasteiger partial charge in [-0.1, -0.05) is 133 Å². The van der Waals surface area contributed by atoms with Crippen LogP contribution < -0.4 is 20.8 Å². The van der Waals surface area contributed by atoms with Gasteiger partial charge in [0.2, 0.25) is 6.29 Å². The first-order valence-corrected chi connectivity index (χ1v) is 16.5. The van der Waals surface area contributed by atoms with Crippen molar-refractivity contribution in [2.75, 3.05) is 4.90 Å². The van der Waals surface area contributed by atoms with E-state index in [4.69, 9.17) is 9.98 Å². The molecule has 0 amide bonds. The van der Waals surface area contributed by atoms with Crippen LogP contribution >= 0.6 is 0 Å². The van der Waals surface area contributed by atoms with Gasteiger partial charge in [-0.25, -0.2) is 9.98 Å². The molecule has 48 heavy (non-hydrogen) atoms. The maximum absolute atomic E-state index is 5.32. The molecule has 7 aromatic rings. The average molecular weight is 618 g/mol. The number of aromatic nitrogens is 1. The van der Waals surface area contributed by atoms with Crippen LogP contribution in [0, 0.1) is 0 Å². The summed E-state index contributed by atoms with van der Waals surface area (Å²) in [6.07, 6.45) is 4.52. The van der Waals surface area contributed by atoms with Gasteiger partial charge in [-0.2, -0.15) is 0 Å². The summed E-state index contributed by atoms with van der Waals surface area (Å²) in [5.41, 5.74) is 6.91. The third-order valence-corrected chi connectivity index (χ3v) is 9.96. The van der Waals surface area contributed by atoms with Crippen molar-refractivity contribution in [2.24, 2.45) is 9.98 Å². The molecule has 0 saturated heterocycles. The highest BCUT2D eigenvalue weighted by atomic mass is 15.4. The fraction of sp³-hybridized carbons (Fsp3) is 0.0698. The van der Waals surface area contributed by atoms with Crippen molar-refractivity contribution < 1.29 is 0 Å². The summed E-state index contributed by atoms with van der Waals surface area (Å²) in [5.74, 6) is 1.78. The molecule has 2 aliphatic heterocycles. The highest BCUT2D eigenvalue weighted by Crippen LogP contribution is 2.45. The molecule has 1 N–H and O–H groups in total. The average Bonchev–Trinajstić information content (AvgIpc) is 3.67. The summed E-state index contributed by atoms with van der Waals surface area (Å²) in [5, 5.41) is 9.89. The zero-order chi connectivity index (χ0) is 31.6. The van der Waals surface area contributed by atoms with Crippen LogP contribution in [0.3, 0.4) is 0 Å². The molecule has 0 saturated carbocycles. The summed E-state index contributed by atoms with van der Waals surface area (Å²) in [6.45, 7) is 0. The van der Waals surface area contributed by atoms with E-state index in [2.05, 4.69) is 166 Å². The molecular formula is C43H31N5. The van der Waals surface area contributed by atoms with Crippen LogP contribution in [0.25, 0.3) is 39.5 Å². The van der Waals surface area contributed by atoms with Gasteiger partial charge in [0.05, 0.1) is 16.9 Å². The monoisotopic (exact) mass is 617 g/mol. The zero-order valence-corrected chi connectivity index (χ0v) is 26.1. The summed E-state index contributed by atoms with van der Waals surface area (Å²) in [7, 11) is 0. The normalized spacial score (nSPS) is 18.2. The van der Waals surface area contributed by atoms with Gasteiger partial charge in [-0.05, 0) is 46.7 Å². The Bertz CT molecular complexity index is 2490. The number of fused-ring (bicyclic) bond motifs is 8. The molecule has 10 rings (SSSR count). The van der Waals surface area contributed by atoms with Crippen molar-refractivity contribution in [3.05, 3.63) is 179 Å². The van der Waals surface area contributed by atoms with Gasteiger partial charge in [0, 0.05) is 39.0 Å². The molecule has 6 aromatic carbocycles. The summed E-state index contributed by atoms with van der Waals surface area (Å²) >= 11 is 0. The first kappa shape index (κ1) is 27.0. The molecule has 5 nitrogen and oxygen atoms in total. The van der Waals surface area contributed by atoms with E-state index in [-0.39, 0.29) is 12.0 Å². The Morgan fingerprint density at radius 2 is 1.19 bits per heavy atom. The Labute approximate surface area is 278 Å². The topological polar surface area (TPSA) is 44.9 Å². The molecule has 0 bridgehead atoms. The van der Waals surface area contributed by atoms with E-state index in [0.29, 0.717) is 0 Å². The number of anilines is 1. The lowest BCUT2D eigenvalue weighted by Crippen LogP contribution is -2.48. The van der Waals surface area contributed by atoms with E-state index < -0.39 is 6.29 Å². The van der Waals surface area contributed by atoms with E-state index in [1.165, 1.54) is 43.5 Å². The number of benzene rings is 6. The van der Waals surface area contributed by atoms with Gasteiger partial charge in [-0.15, -0.1) is 0 Å².